The Hall–Kier alpha value is -1.51. The molecule has 24 heavy (non-hydrogen) atoms. The van der Waals surface area contributed by atoms with Gasteiger partial charge in [-0.2, -0.15) is 0 Å². The van der Waals surface area contributed by atoms with E-state index in [1.807, 2.05) is 11.0 Å². The minimum absolute atomic E-state index is 0.107. The number of furan rings is 1. The summed E-state index contributed by atoms with van der Waals surface area (Å²) in [5.41, 5.74) is 0. The molecule has 0 aromatic carbocycles. The number of carbonyl (C=O) groups excluding carboxylic acids is 2. The van der Waals surface area contributed by atoms with Crippen molar-refractivity contribution in [1.82, 2.24) is 9.80 Å². The fourth-order valence-electron chi connectivity index (χ4n) is 2.78. The Morgan fingerprint density at radius 1 is 1.33 bits per heavy atom. The lowest BCUT2D eigenvalue weighted by atomic mass is 10.3. The zero-order chi connectivity index (χ0) is 16.9. The van der Waals surface area contributed by atoms with Gasteiger partial charge in [0.2, 0.25) is 5.91 Å². The maximum Gasteiger partial charge on any atom is 0.303 e. The molecule has 8 heteroatoms. The number of hydrogen-bond donors (Lipinski definition) is 0. The third kappa shape index (κ3) is 4.31. The van der Waals surface area contributed by atoms with Crippen LogP contribution in [0.3, 0.4) is 0 Å². The van der Waals surface area contributed by atoms with Gasteiger partial charge in [0, 0.05) is 33.1 Å². The standard InChI is InChI=1S/C16H22N2O5S/c1-12(19)22-10-13-2-3-14(23-13)16-18(15(20)11-24-16)5-4-17-6-8-21-9-7-17/h2-3,16H,4-11H2,1H3. The lowest BCUT2D eigenvalue weighted by Gasteiger charge is -2.30. The highest BCUT2D eigenvalue weighted by molar-refractivity contribution is 8.00. The largest absolute Gasteiger partial charge is 0.459 e. The summed E-state index contributed by atoms with van der Waals surface area (Å²) < 4.78 is 16.1. The molecule has 7 nitrogen and oxygen atoms in total. The van der Waals surface area contributed by atoms with E-state index < -0.39 is 0 Å². The first kappa shape index (κ1) is 17.3. The molecule has 1 unspecified atom stereocenters. The van der Waals surface area contributed by atoms with E-state index in [4.69, 9.17) is 13.9 Å². The molecule has 2 saturated heterocycles. The van der Waals surface area contributed by atoms with Crippen molar-refractivity contribution in [3.8, 4) is 0 Å². The molecule has 0 saturated carbocycles. The second-order valence-electron chi connectivity index (χ2n) is 5.79. The quantitative estimate of drug-likeness (QED) is 0.712. The fraction of sp³-hybridized carbons (Fsp3) is 0.625. The summed E-state index contributed by atoms with van der Waals surface area (Å²) in [6.07, 6.45) is 0. The summed E-state index contributed by atoms with van der Waals surface area (Å²) in [4.78, 5) is 27.3. The van der Waals surface area contributed by atoms with Crippen molar-refractivity contribution in [2.24, 2.45) is 0 Å². The predicted molar refractivity (Wildman–Crippen MR) is 88.3 cm³/mol. The molecular weight excluding hydrogens is 332 g/mol. The number of carbonyl (C=O) groups is 2. The van der Waals surface area contributed by atoms with E-state index in [-0.39, 0.29) is 23.9 Å². The van der Waals surface area contributed by atoms with E-state index >= 15 is 0 Å². The van der Waals surface area contributed by atoms with Crippen LogP contribution in [0.4, 0.5) is 0 Å². The third-order valence-electron chi connectivity index (χ3n) is 4.07. The average molecular weight is 354 g/mol. The summed E-state index contributed by atoms with van der Waals surface area (Å²) in [6.45, 7) is 6.33. The molecule has 0 N–H and O–H groups in total. The van der Waals surface area contributed by atoms with Gasteiger partial charge in [0.25, 0.3) is 0 Å². The van der Waals surface area contributed by atoms with Crippen molar-refractivity contribution in [1.29, 1.82) is 0 Å². The monoisotopic (exact) mass is 354 g/mol. The Kier molecular flexibility index (Phi) is 5.80. The van der Waals surface area contributed by atoms with Crippen molar-refractivity contribution in [3.63, 3.8) is 0 Å². The van der Waals surface area contributed by atoms with Crippen LogP contribution in [-0.4, -0.2) is 66.8 Å². The van der Waals surface area contributed by atoms with Crippen molar-refractivity contribution < 1.29 is 23.5 Å². The minimum Gasteiger partial charge on any atom is -0.459 e. The predicted octanol–water partition coefficient (Wildman–Crippen LogP) is 1.25. The Bertz CT molecular complexity index is 585. The Labute approximate surface area is 145 Å². The molecule has 0 bridgehead atoms. The fourth-order valence-corrected chi connectivity index (χ4v) is 3.94. The van der Waals surface area contributed by atoms with Crippen LogP contribution in [0.25, 0.3) is 0 Å². The maximum absolute atomic E-state index is 12.2. The number of nitrogens with zero attached hydrogens (tertiary/aromatic N) is 2. The normalized spacial score (nSPS) is 22.1. The molecule has 1 aromatic rings. The molecule has 0 spiro atoms. The van der Waals surface area contributed by atoms with Gasteiger partial charge < -0.3 is 18.8 Å². The summed E-state index contributed by atoms with van der Waals surface area (Å²) in [6, 6.07) is 3.65. The van der Waals surface area contributed by atoms with Gasteiger partial charge in [-0.25, -0.2) is 0 Å². The minimum atomic E-state index is -0.342. The highest BCUT2D eigenvalue weighted by Gasteiger charge is 2.35. The first-order chi connectivity index (χ1) is 11.6. The number of esters is 1. The molecule has 3 rings (SSSR count). The Balaban J connectivity index is 1.58. The third-order valence-corrected chi connectivity index (χ3v) is 5.29. The van der Waals surface area contributed by atoms with Gasteiger partial charge in [-0.1, -0.05) is 0 Å². The summed E-state index contributed by atoms with van der Waals surface area (Å²) in [5, 5.41) is -0.107. The topological polar surface area (TPSA) is 72.2 Å². The zero-order valence-electron chi connectivity index (χ0n) is 13.7. The number of thioether (sulfide) groups is 1. The lowest BCUT2D eigenvalue weighted by molar-refractivity contribution is -0.142. The van der Waals surface area contributed by atoms with Crippen LogP contribution < -0.4 is 0 Å². The Morgan fingerprint density at radius 2 is 2.12 bits per heavy atom. The molecule has 1 aromatic heterocycles. The SMILES string of the molecule is CC(=O)OCc1ccc(C2SCC(=O)N2CCN2CCOCC2)o1. The van der Waals surface area contributed by atoms with Gasteiger partial charge in [-0.3, -0.25) is 14.5 Å². The molecule has 0 aliphatic carbocycles. The van der Waals surface area contributed by atoms with E-state index in [0.717, 1.165) is 38.6 Å². The van der Waals surface area contributed by atoms with Gasteiger partial charge >= 0.3 is 5.97 Å². The first-order valence-corrected chi connectivity index (χ1v) is 9.11. The number of ether oxygens (including phenoxy) is 2. The van der Waals surface area contributed by atoms with Gasteiger partial charge in [-0.05, 0) is 12.1 Å². The number of hydrogen-bond acceptors (Lipinski definition) is 7. The van der Waals surface area contributed by atoms with Crippen LogP contribution in [0.1, 0.15) is 23.8 Å². The molecule has 1 amide bonds. The molecule has 2 fully saturated rings. The summed E-state index contributed by atoms with van der Waals surface area (Å²) in [7, 11) is 0. The summed E-state index contributed by atoms with van der Waals surface area (Å²) in [5.74, 6) is 1.58. The van der Waals surface area contributed by atoms with Crippen molar-refractivity contribution >= 4 is 23.6 Å². The number of rotatable bonds is 6. The molecule has 2 aliphatic rings. The number of morpholine rings is 1. The van der Waals surface area contributed by atoms with Gasteiger partial charge in [-0.15, -0.1) is 11.8 Å². The number of amides is 1. The first-order valence-electron chi connectivity index (χ1n) is 8.06. The molecule has 0 radical (unpaired) electrons. The highest BCUT2D eigenvalue weighted by atomic mass is 32.2. The molecular formula is C16H22N2O5S. The van der Waals surface area contributed by atoms with Crippen molar-refractivity contribution in [3.05, 3.63) is 23.7 Å². The van der Waals surface area contributed by atoms with E-state index in [2.05, 4.69) is 4.90 Å². The van der Waals surface area contributed by atoms with Gasteiger partial charge in [0.1, 0.15) is 23.5 Å². The molecule has 132 valence electrons. The summed E-state index contributed by atoms with van der Waals surface area (Å²) >= 11 is 1.57. The van der Waals surface area contributed by atoms with Crippen LogP contribution in [0.15, 0.2) is 16.5 Å². The van der Waals surface area contributed by atoms with E-state index in [1.165, 1.54) is 6.92 Å². The highest BCUT2D eigenvalue weighted by Crippen LogP contribution is 2.39. The van der Waals surface area contributed by atoms with Crippen LogP contribution in [0.5, 0.6) is 0 Å². The van der Waals surface area contributed by atoms with E-state index in [9.17, 15) is 9.59 Å². The van der Waals surface area contributed by atoms with Crippen molar-refractivity contribution in [2.45, 2.75) is 18.9 Å². The van der Waals surface area contributed by atoms with Crippen LogP contribution >= 0.6 is 11.8 Å². The van der Waals surface area contributed by atoms with Crippen molar-refractivity contribution in [2.75, 3.05) is 45.1 Å². The molecule has 1 atom stereocenters. The Morgan fingerprint density at radius 3 is 2.88 bits per heavy atom. The van der Waals surface area contributed by atoms with Gasteiger partial charge in [0.05, 0.1) is 19.0 Å². The van der Waals surface area contributed by atoms with Crippen LogP contribution in [0, 0.1) is 0 Å². The smallest absolute Gasteiger partial charge is 0.303 e. The van der Waals surface area contributed by atoms with E-state index in [1.54, 1.807) is 17.8 Å². The van der Waals surface area contributed by atoms with Crippen LogP contribution in [-0.2, 0) is 25.7 Å². The van der Waals surface area contributed by atoms with Gasteiger partial charge in [0.15, 0.2) is 0 Å². The molecule has 2 aliphatic heterocycles. The lowest BCUT2D eigenvalue weighted by Crippen LogP contribution is -2.42. The second-order valence-corrected chi connectivity index (χ2v) is 6.86. The van der Waals surface area contributed by atoms with E-state index in [0.29, 0.717) is 18.1 Å². The van der Waals surface area contributed by atoms with Crippen LogP contribution in [0.2, 0.25) is 0 Å². The average Bonchev–Trinajstić information content (AvgIpc) is 3.18. The zero-order valence-corrected chi connectivity index (χ0v) is 14.5. The maximum atomic E-state index is 12.2. The second kappa shape index (κ2) is 8.04. The molecule has 3 heterocycles.